The standard InChI is InChI=1S/Al.Ni.H3O4P.2H/c;;1-5(2,3)4;;/h;;(H3,1,2,3,4);;/q+1;;;;/p-1. The van der Waals surface area contributed by atoms with Crippen LogP contribution in [-0.4, -0.2) is 26.4 Å². The Morgan fingerprint density at radius 1 is 1.57 bits per heavy atom. The summed E-state index contributed by atoms with van der Waals surface area (Å²) in [6.45, 7) is 0. The van der Waals surface area contributed by atoms with E-state index in [1.807, 2.05) is 0 Å². The summed E-state index contributed by atoms with van der Waals surface area (Å²) in [5.74, 6) is 0. The van der Waals surface area contributed by atoms with Crippen LogP contribution in [0.15, 0.2) is 0 Å². The van der Waals surface area contributed by atoms with E-state index in [2.05, 4.69) is 3.58 Å². The van der Waals surface area contributed by atoms with E-state index in [4.69, 9.17) is 9.79 Å². The van der Waals surface area contributed by atoms with Gasteiger partial charge in [0.2, 0.25) is 0 Å². The van der Waals surface area contributed by atoms with Crippen LogP contribution < -0.4 is 0 Å². The van der Waals surface area contributed by atoms with Crippen molar-refractivity contribution in [2.75, 3.05) is 0 Å². The van der Waals surface area contributed by atoms with E-state index in [9.17, 15) is 4.57 Å². The van der Waals surface area contributed by atoms with E-state index in [-0.39, 0.29) is 33.1 Å². The average Bonchev–Trinajstić information content (AvgIpc) is 1.35. The Morgan fingerprint density at radius 3 is 1.71 bits per heavy atom. The van der Waals surface area contributed by atoms with Crippen molar-refractivity contribution >= 4 is 24.4 Å². The molecule has 0 aliphatic heterocycles. The molecule has 0 saturated carbocycles. The number of hydrogen-bond donors (Lipinski definition) is 2. The van der Waals surface area contributed by atoms with E-state index in [1.54, 1.807) is 0 Å². The molecule has 0 rings (SSSR count). The summed E-state index contributed by atoms with van der Waals surface area (Å²) in [6.07, 6.45) is 0. The summed E-state index contributed by atoms with van der Waals surface area (Å²) in [4.78, 5) is 15.5. The van der Waals surface area contributed by atoms with Crippen molar-refractivity contribution in [2.24, 2.45) is 0 Å². The SMILES string of the molecule is O=P(O)(O)[O][AlH2].[Ni]. The number of rotatable bonds is 1. The molecule has 0 aliphatic rings. The zero-order chi connectivity index (χ0) is 5.21. The van der Waals surface area contributed by atoms with Crippen molar-refractivity contribution in [3.63, 3.8) is 0 Å². The molecule has 0 atom stereocenters. The van der Waals surface area contributed by atoms with Gasteiger partial charge in [-0.3, -0.25) is 0 Å². The van der Waals surface area contributed by atoms with Crippen LogP contribution in [0.3, 0.4) is 0 Å². The predicted octanol–water partition coefficient (Wildman–Crippen LogP) is -1.36. The van der Waals surface area contributed by atoms with Crippen LogP contribution in [0.5, 0.6) is 0 Å². The molecule has 0 aromatic rings. The molecule has 0 unspecified atom stereocenters. The van der Waals surface area contributed by atoms with Gasteiger partial charge in [0, 0.05) is 16.5 Å². The second-order valence-electron chi connectivity index (χ2n) is 0.673. The fraction of sp³-hybridized carbons (Fsp3) is 0. The van der Waals surface area contributed by atoms with E-state index >= 15 is 0 Å². The summed E-state index contributed by atoms with van der Waals surface area (Å²) in [5, 5.41) is 0. The summed E-state index contributed by atoms with van der Waals surface area (Å²) in [5.41, 5.74) is 0. The first-order chi connectivity index (χ1) is 2.56. The molecule has 7 heavy (non-hydrogen) atoms. The minimum absolute atomic E-state index is 0. The number of phosphoric acid groups is 1. The molecular formula is H4AlNiO4P. The molecule has 4 nitrogen and oxygen atoms in total. The van der Waals surface area contributed by atoms with Gasteiger partial charge in [0.1, 0.15) is 0 Å². The third kappa shape index (κ3) is 11.0. The third-order valence-electron chi connectivity index (χ3n) is 0.238. The van der Waals surface area contributed by atoms with Crippen LogP contribution in [0, 0.1) is 0 Å². The van der Waals surface area contributed by atoms with Crippen LogP contribution in [0.25, 0.3) is 0 Å². The Hall–Kier alpha value is 1.14. The summed E-state index contributed by atoms with van der Waals surface area (Å²) >= 11 is 0.0849. The van der Waals surface area contributed by atoms with E-state index in [1.165, 1.54) is 0 Å². The van der Waals surface area contributed by atoms with Gasteiger partial charge < -0.3 is 13.4 Å². The van der Waals surface area contributed by atoms with Crippen molar-refractivity contribution in [2.45, 2.75) is 0 Å². The van der Waals surface area contributed by atoms with Crippen molar-refractivity contribution in [3.05, 3.63) is 0 Å². The van der Waals surface area contributed by atoms with Crippen LogP contribution in [0.2, 0.25) is 0 Å². The maximum atomic E-state index is 9.51. The zero-order valence-corrected chi connectivity index (χ0v) is 7.36. The Bertz CT molecular complexity index is 75.8. The van der Waals surface area contributed by atoms with Gasteiger partial charge in [-0.05, 0) is 0 Å². The Labute approximate surface area is 59.2 Å². The maximum absolute atomic E-state index is 9.51. The summed E-state index contributed by atoms with van der Waals surface area (Å²) in [6, 6.07) is 0. The first kappa shape index (κ1) is 11.0. The minimum Gasteiger partial charge on any atom is -0.423 e. The molecule has 0 amide bonds. The Morgan fingerprint density at radius 2 is 1.71 bits per heavy atom. The number of hydrogen-bond acceptors (Lipinski definition) is 2. The molecule has 0 heterocycles. The average molecular weight is 185 g/mol. The molecule has 0 fully saturated rings. The van der Waals surface area contributed by atoms with Gasteiger partial charge >= 0.3 is 24.4 Å². The van der Waals surface area contributed by atoms with Crippen molar-refractivity contribution in [1.29, 1.82) is 0 Å². The quantitative estimate of drug-likeness (QED) is 0.390. The zero-order valence-electron chi connectivity index (χ0n) is 3.47. The van der Waals surface area contributed by atoms with Gasteiger partial charge in [0.15, 0.2) is 0 Å². The van der Waals surface area contributed by atoms with Gasteiger partial charge in [-0.2, -0.15) is 0 Å². The molecular weight excluding hydrogens is 181 g/mol. The Kier molecular flexibility index (Phi) is 6.38. The van der Waals surface area contributed by atoms with Crippen LogP contribution >= 0.6 is 7.82 Å². The first-order valence-corrected chi connectivity index (χ1v) is 3.52. The Balaban J connectivity index is 0. The van der Waals surface area contributed by atoms with Crippen molar-refractivity contribution in [3.8, 4) is 0 Å². The fourth-order valence-corrected chi connectivity index (χ4v) is 0. The fourth-order valence-electron chi connectivity index (χ4n) is 0. The predicted molar refractivity (Wildman–Crippen MR) is 21.7 cm³/mol. The molecule has 0 radical (unpaired) electrons. The van der Waals surface area contributed by atoms with E-state index in [0.29, 0.717) is 0 Å². The normalized spacial score (nSPS) is 10.0. The van der Waals surface area contributed by atoms with E-state index < -0.39 is 7.82 Å². The van der Waals surface area contributed by atoms with Crippen LogP contribution in [-0.2, 0) is 24.6 Å². The van der Waals surface area contributed by atoms with Gasteiger partial charge in [0.05, 0.1) is 0 Å². The molecule has 0 spiro atoms. The maximum Gasteiger partial charge on any atom is 0.441 e. The summed E-state index contributed by atoms with van der Waals surface area (Å²) < 4.78 is 13.2. The van der Waals surface area contributed by atoms with Gasteiger partial charge in [-0.1, -0.05) is 0 Å². The second-order valence-corrected chi connectivity index (χ2v) is 3.11. The third-order valence-corrected chi connectivity index (χ3v) is 2.14. The molecule has 0 bridgehead atoms. The van der Waals surface area contributed by atoms with Gasteiger partial charge in [-0.15, -0.1) is 0 Å². The van der Waals surface area contributed by atoms with E-state index in [0.717, 1.165) is 0 Å². The smallest absolute Gasteiger partial charge is 0.423 e. The molecule has 0 aromatic heterocycles. The largest absolute Gasteiger partial charge is 0.441 e. The monoisotopic (exact) mass is 184 g/mol. The molecule has 0 saturated heterocycles. The molecule has 0 aliphatic carbocycles. The van der Waals surface area contributed by atoms with Gasteiger partial charge in [0.25, 0.3) is 0 Å². The summed E-state index contributed by atoms with van der Waals surface area (Å²) in [7, 11) is -4.08. The second kappa shape index (κ2) is 4.06. The molecule has 46 valence electrons. The first-order valence-electron chi connectivity index (χ1n) is 1.17. The van der Waals surface area contributed by atoms with Crippen molar-refractivity contribution in [1.82, 2.24) is 0 Å². The van der Waals surface area contributed by atoms with Crippen LogP contribution in [0.1, 0.15) is 0 Å². The molecule has 0 aromatic carbocycles. The topological polar surface area (TPSA) is 66.8 Å². The molecule has 2 N–H and O–H groups in total. The van der Waals surface area contributed by atoms with Gasteiger partial charge in [-0.25, -0.2) is 4.57 Å². The minimum atomic E-state index is -4.08. The van der Waals surface area contributed by atoms with Crippen molar-refractivity contribution < 1.29 is 34.4 Å². The van der Waals surface area contributed by atoms with Crippen LogP contribution in [0.4, 0.5) is 0 Å². The molecule has 7 heteroatoms.